The second kappa shape index (κ2) is 6.13. The standard InChI is InChI=1S/C15H19N3O2S/c1-8(2)20-11-5-6-12(9(3)7-11)18-14(19)13-10(4)17-15(16)21-13/h5-8H,1-4H3,(H2,16,17)(H,18,19). The highest BCUT2D eigenvalue weighted by atomic mass is 32.1. The Kier molecular flexibility index (Phi) is 4.47. The lowest BCUT2D eigenvalue weighted by Gasteiger charge is -2.13. The van der Waals surface area contributed by atoms with Crippen LogP contribution in [0.25, 0.3) is 0 Å². The molecule has 2 aromatic rings. The number of aryl methyl sites for hydroxylation is 2. The maximum Gasteiger partial charge on any atom is 0.267 e. The van der Waals surface area contributed by atoms with Gasteiger partial charge in [-0.25, -0.2) is 4.98 Å². The van der Waals surface area contributed by atoms with Crippen molar-refractivity contribution in [2.75, 3.05) is 11.1 Å². The van der Waals surface area contributed by atoms with E-state index in [9.17, 15) is 4.79 Å². The first-order valence-corrected chi connectivity index (χ1v) is 7.50. The lowest BCUT2D eigenvalue weighted by atomic mass is 10.2. The number of amides is 1. The molecular formula is C15H19N3O2S. The summed E-state index contributed by atoms with van der Waals surface area (Å²) in [5.74, 6) is 0.598. The lowest BCUT2D eigenvalue weighted by molar-refractivity contribution is 0.102. The molecule has 0 atom stereocenters. The number of hydrogen-bond acceptors (Lipinski definition) is 5. The third-order valence-corrected chi connectivity index (χ3v) is 3.82. The summed E-state index contributed by atoms with van der Waals surface area (Å²) in [5, 5.41) is 3.28. The Morgan fingerprint density at radius 1 is 1.38 bits per heavy atom. The zero-order valence-electron chi connectivity index (χ0n) is 12.6. The van der Waals surface area contributed by atoms with Crippen LogP contribution in [-0.2, 0) is 0 Å². The third kappa shape index (κ3) is 3.72. The number of thiazole rings is 1. The van der Waals surface area contributed by atoms with Crippen LogP contribution in [0.5, 0.6) is 5.75 Å². The molecule has 112 valence electrons. The molecule has 1 aromatic heterocycles. The first-order chi connectivity index (χ1) is 9.86. The third-order valence-electron chi connectivity index (χ3n) is 2.84. The van der Waals surface area contributed by atoms with E-state index in [0.29, 0.717) is 15.7 Å². The van der Waals surface area contributed by atoms with Crippen LogP contribution in [0, 0.1) is 13.8 Å². The largest absolute Gasteiger partial charge is 0.491 e. The van der Waals surface area contributed by atoms with Crippen LogP contribution in [0.4, 0.5) is 10.8 Å². The van der Waals surface area contributed by atoms with Gasteiger partial charge in [0.1, 0.15) is 10.6 Å². The quantitative estimate of drug-likeness (QED) is 0.907. The summed E-state index contributed by atoms with van der Waals surface area (Å²) < 4.78 is 5.62. The van der Waals surface area contributed by atoms with Crippen LogP contribution in [0.15, 0.2) is 18.2 Å². The molecule has 0 saturated carbocycles. The number of nitrogen functional groups attached to an aromatic ring is 1. The van der Waals surface area contributed by atoms with E-state index in [1.165, 1.54) is 11.3 Å². The highest BCUT2D eigenvalue weighted by Crippen LogP contribution is 2.25. The molecule has 1 aromatic carbocycles. The highest BCUT2D eigenvalue weighted by molar-refractivity contribution is 7.17. The average molecular weight is 305 g/mol. The first kappa shape index (κ1) is 15.3. The molecule has 0 aliphatic carbocycles. The topological polar surface area (TPSA) is 77.2 Å². The van der Waals surface area contributed by atoms with E-state index in [4.69, 9.17) is 10.5 Å². The summed E-state index contributed by atoms with van der Waals surface area (Å²) in [5.41, 5.74) is 7.96. The summed E-state index contributed by atoms with van der Waals surface area (Å²) in [6.45, 7) is 7.65. The Labute approximate surface area is 128 Å². The smallest absolute Gasteiger partial charge is 0.267 e. The highest BCUT2D eigenvalue weighted by Gasteiger charge is 2.15. The second-order valence-electron chi connectivity index (χ2n) is 5.06. The zero-order valence-corrected chi connectivity index (χ0v) is 13.4. The van der Waals surface area contributed by atoms with Crippen molar-refractivity contribution in [1.82, 2.24) is 4.98 Å². The molecule has 2 rings (SSSR count). The van der Waals surface area contributed by atoms with Gasteiger partial charge in [-0.15, -0.1) is 0 Å². The molecule has 3 N–H and O–H groups in total. The van der Waals surface area contributed by atoms with E-state index in [2.05, 4.69) is 10.3 Å². The molecule has 1 heterocycles. The minimum absolute atomic E-state index is 0.118. The van der Waals surface area contributed by atoms with E-state index in [1.54, 1.807) is 6.92 Å². The fraction of sp³-hybridized carbons (Fsp3) is 0.333. The van der Waals surface area contributed by atoms with Gasteiger partial charge in [-0.1, -0.05) is 11.3 Å². The van der Waals surface area contributed by atoms with Crippen molar-refractivity contribution < 1.29 is 9.53 Å². The molecule has 6 heteroatoms. The number of benzene rings is 1. The fourth-order valence-corrected chi connectivity index (χ4v) is 2.66. The molecule has 1 amide bonds. The van der Waals surface area contributed by atoms with Crippen molar-refractivity contribution in [2.24, 2.45) is 0 Å². The number of nitrogens with one attached hydrogen (secondary N) is 1. The summed E-state index contributed by atoms with van der Waals surface area (Å²) in [4.78, 5) is 16.8. The molecule has 0 unspecified atom stereocenters. The van der Waals surface area contributed by atoms with Crippen LogP contribution in [0.3, 0.4) is 0 Å². The van der Waals surface area contributed by atoms with Gasteiger partial charge >= 0.3 is 0 Å². The predicted octanol–water partition coefficient (Wildman–Crippen LogP) is 3.38. The fourth-order valence-electron chi connectivity index (χ4n) is 1.93. The molecule has 21 heavy (non-hydrogen) atoms. The van der Waals surface area contributed by atoms with Crippen LogP contribution >= 0.6 is 11.3 Å². The van der Waals surface area contributed by atoms with Gasteiger partial charge in [0, 0.05) is 5.69 Å². The zero-order chi connectivity index (χ0) is 15.6. The van der Waals surface area contributed by atoms with E-state index in [1.807, 2.05) is 39.0 Å². The molecule has 0 radical (unpaired) electrons. The Hall–Kier alpha value is -2.08. The number of rotatable bonds is 4. The Bertz CT molecular complexity index is 665. The van der Waals surface area contributed by atoms with Crippen molar-refractivity contribution in [3.63, 3.8) is 0 Å². The van der Waals surface area contributed by atoms with Crippen LogP contribution in [0.2, 0.25) is 0 Å². The number of nitrogens with zero attached hydrogens (tertiary/aromatic N) is 1. The Balaban J connectivity index is 2.16. The van der Waals surface area contributed by atoms with Crippen molar-refractivity contribution in [2.45, 2.75) is 33.8 Å². The van der Waals surface area contributed by atoms with Crippen molar-refractivity contribution >= 4 is 28.1 Å². The predicted molar refractivity (Wildman–Crippen MR) is 86.2 cm³/mol. The number of ether oxygens (including phenoxy) is 1. The van der Waals surface area contributed by atoms with Gasteiger partial charge in [-0.2, -0.15) is 0 Å². The molecule has 5 nitrogen and oxygen atoms in total. The number of anilines is 2. The maximum atomic E-state index is 12.2. The molecule has 0 aliphatic rings. The van der Waals surface area contributed by atoms with Crippen molar-refractivity contribution in [1.29, 1.82) is 0 Å². The van der Waals surface area contributed by atoms with Gasteiger partial charge in [-0.3, -0.25) is 4.79 Å². The molecule has 0 aliphatic heterocycles. The van der Waals surface area contributed by atoms with Crippen LogP contribution in [-0.4, -0.2) is 17.0 Å². The molecule has 0 spiro atoms. The van der Waals surface area contributed by atoms with Gasteiger partial charge in [0.05, 0.1) is 11.8 Å². The Morgan fingerprint density at radius 3 is 2.62 bits per heavy atom. The Morgan fingerprint density at radius 2 is 2.10 bits per heavy atom. The number of carbonyl (C=O) groups excluding carboxylic acids is 1. The number of hydrogen-bond donors (Lipinski definition) is 2. The average Bonchev–Trinajstić information content (AvgIpc) is 2.71. The number of carbonyl (C=O) groups is 1. The summed E-state index contributed by atoms with van der Waals surface area (Å²) in [7, 11) is 0. The monoisotopic (exact) mass is 305 g/mol. The summed E-state index contributed by atoms with van der Waals surface area (Å²) >= 11 is 1.19. The van der Waals surface area contributed by atoms with Gasteiger partial charge in [-0.05, 0) is 51.5 Å². The normalized spacial score (nSPS) is 10.7. The lowest BCUT2D eigenvalue weighted by Crippen LogP contribution is -2.13. The van der Waals surface area contributed by atoms with Crippen molar-refractivity contribution in [3.8, 4) is 5.75 Å². The van der Waals surface area contributed by atoms with E-state index >= 15 is 0 Å². The van der Waals surface area contributed by atoms with Crippen molar-refractivity contribution in [3.05, 3.63) is 34.3 Å². The van der Waals surface area contributed by atoms with E-state index in [0.717, 1.165) is 17.0 Å². The van der Waals surface area contributed by atoms with Crippen LogP contribution < -0.4 is 15.8 Å². The number of aromatic nitrogens is 1. The van der Waals surface area contributed by atoms with Gasteiger partial charge in [0.15, 0.2) is 5.13 Å². The molecule has 0 bridgehead atoms. The van der Waals surface area contributed by atoms with E-state index < -0.39 is 0 Å². The second-order valence-corrected chi connectivity index (χ2v) is 6.09. The van der Waals surface area contributed by atoms with Crippen LogP contribution in [0.1, 0.15) is 34.8 Å². The number of nitrogens with two attached hydrogens (primary N) is 1. The minimum Gasteiger partial charge on any atom is -0.491 e. The molecular weight excluding hydrogens is 286 g/mol. The van der Waals surface area contributed by atoms with E-state index in [-0.39, 0.29) is 12.0 Å². The SMILES string of the molecule is Cc1cc(OC(C)C)ccc1NC(=O)c1sc(N)nc1C. The first-order valence-electron chi connectivity index (χ1n) is 6.68. The molecule has 0 fully saturated rings. The molecule has 0 saturated heterocycles. The van der Waals surface area contributed by atoms with Gasteiger partial charge < -0.3 is 15.8 Å². The van der Waals surface area contributed by atoms with Gasteiger partial charge in [0.2, 0.25) is 0 Å². The van der Waals surface area contributed by atoms with Gasteiger partial charge in [0.25, 0.3) is 5.91 Å². The summed E-state index contributed by atoms with van der Waals surface area (Å²) in [6.07, 6.45) is 0.118. The minimum atomic E-state index is -0.192. The summed E-state index contributed by atoms with van der Waals surface area (Å²) in [6, 6.07) is 5.59. The maximum absolute atomic E-state index is 12.2.